The maximum absolute atomic E-state index is 13.8. The number of nitrogens with one attached hydrogen (secondary N) is 1. The summed E-state index contributed by atoms with van der Waals surface area (Å²) in [6, 6.07) is 5.11. The number of halogens is 2. The molecule has 0 spiro atoms. The molecule has 2 fully saturated rings. The maximum Gasteiger partial charge on any atom is 0.318 e. The van der Waals surface area contributed by atoms with Crippen LogP contribution < -0.4 is 5.32 Å². The van der Waals surface area contributed by atoms with Crippen LogP contribution in [0.2, 0.25) is 10.0 Å². The molecule has 1 N–H and O–H groups in total. The average Bonchev–Trinajstić information content (AvgIpc) is 3.30. The number of amides is 3. The molecule has 0 aromatic heterocycles. The van der Waals surface area contributed by atoms with Gasteiger partial charge in [-0.1, -0.05) is 35.3 Å². The molecule has 10 heteroatoms. The van der Waals surface area contributed by atoms with Crippen LogP contribution in [0.4, 0.5) is 0 Å². The second-order valence-corrected chi connectivity index (χ2v) is 11.1. The van der Waals surface area contributed by atoms with Gasteiger partial charge in [0.1, 0.15) is 5.41 Å². The van der Waals surface area contributed by atoms with Gasteiger partial charge in [-0.25, -0.2) is 0 Å². The van der Waals surface area contributed by atoms with Gasteiger partial charge in [0, 0.05) is 54.1 Å². The van der Waals surface area contributed by atoms with Gasteiger partial charge < -0.3 is 19.9 Å². The molecular formula is C28H35Cl2N3O5. The van der Waals surface area contributed by atoms with Crippen molar-refractivity contribution < 1.29 is 23.9 Å². The molecule has 2 aliphatic heterocycles. The first-order valence-electron chi connectivity index (χ1n) is 13.4. The Bertz CT molecular complexity index is 1120. The van der Waals surface area contributed by atoms with Crippen LogP contribution in [0.3, 0.4) is 0 Å². The average molecular weight is 565 g/mol. The summed E-state index contributed by atoms with van der Waals surface area (Å²) in [6.45, 7) is 3.96. The molecule has 2 atom stereocenters. The number of hydrogen-bond donors (Lipinski definition) is 1. The number of ether oxygens (including phenoxy) is 1. The Morgan fingerprint density at radius 2 is 2.03 bits per heavy atom. The quantitative estimate of drug-likeness (QED) is 0.334. The fourth-order valence-electron chi connectivity index (χ4n) is 5.82. The maximum atomic E-state index is 13.8. The fraction of sp³-hybridized carbons (Fsp3) is 0.571. The fourth-order valence-corrected chi connectivity index (χ4v) is 6.29. The predicted octanol–water partition coefficient (Wildman–Crippen LogP) is 4.48. The monoisotopic (exact) mass is 563 g/mol. The zero-order chi connectivity index (χ0) is 27.3. The van der Waals surface area contributed by atoms with Crippen molar-refractivity contribution in [3.63, 3.8) is 0 Å². The zero-order valence-electron chi connectivity index (χ0n) is 21.8. The molecule has 0 saturated carbocycles. The lowest BCUT2D eigenvalue weighted by Crippen LogP contribution is -2.54. The van der Waals surface area contributed by atoms with Crippen LogP contribution in [0.5, 0.6) is 0 Å². The van der Waals surface area contributed by atoms with Gasteiger partial charge in [-0.15, -0.1) is 0 Å². The van der Waals surface area contributed by atoms with Gasteiger partial charge in [-0.2, -0.15) is 0 Å². The van der Waals surface area contributed by atoms with Gasteiger partial charge in [0.2, 0.25) is 17.7 Å². The molecule has 1 aliphatic carbocycles. The smallest absolute Gasteiger partial charge is 0.318 e. The molecule has 3 amide bonds. The predicted molar refractivity (Wildman–Crippen MR) is 144 cm³/mol. The molecule has 8 nitrogen and oxygen atoms in total. The van der Waals surface area contributed by atoms with E-state index in [-0.39, 0.29) is 49.7 Å². The van der Waals surface area contributed by atoms with E-state index in [2.05, 4.69) is 5.32 Å². The third-order valence-corrected chi connectivity index (χ3v) is 8.26. The minimum atomic E-state index is -0.984. The Hall–Kier alpha value is -2.58. The number of esters is 1. The number of allylic oxidation sites excluding steroid dienone is 1. The van der Waals surface area contributed by atoms with E-state index >= 15 is 0 Å². The number of carbonyl (C=O) groups is 4. The lowest BCUT2D eigenvalue weighted by molar-refractivity contribution is -0.162. The molecule has 0 radical (unpaired) electrons. The van der Waals surface area contributed by atoms with Gasteiger partial charge >= 0.3 is 5.97 Å². The minimum absolute atomic E-state index is 0.0270. The molecule has 206 valence electrons. The van der Waals surface area contributed by atoms with Crippen molar-refractivity contribution in [3.05, 3.63) is 45.6 Å². The zero-order valence-corrected chi connectivity index (χ0v) is 23.3. The van der Waals surface area contributed by atoms with Gasteiger partial charge in [-0.05, 0) is 63.1 Å². The van der Waals surface area contributed by atoms with Crippen molar-refractivity contribution in [3.8, 4) is 0 Å². The Kier molecular flexibility index (Phi) is 9.36. The van der Waals surface area contributed by atoms with E-state index in [0.717, 1.165) is 25.8 Å². The van der Waals surface area contributed by atoms with Crippen molar-refractivity contribution in [1.29, 1.82) is 0 Å². The van der Waals surface area contributed by atoms with Crippen LogP contribution in [0, 0.1) is 11.3 Å². The Balaban J connectivity index is 1.51. The van der Waals surface area contributed by atoms with Crippen molar-refractivity contribution in [1.82, 2.24) is 15.1 Å². The third kappa shape index (κ3) is 6.18. The van der Waals surface area contributed by atoms with Crippen molar-refractivity contribution in [2.45, 2.75) is 64.8 Å². The summed E-state index contributed by atoms with van der Waals surface area (Å²) in [5.74, 6) is -1.33. The SMILES string of the molecule is CCOC(=O)[C@]12CCCC=C1N(Cc1ccc(Cl)cc1Cl)C(=O)[C@H](CC(=O)NCCCN1CCCC1=O)C2. The van der Waals surface area contributed by atoms with E-state index in [0.29, 0.717) is 53.7 Å². The normalized spacial score (nSPS) is 23.2. The lowest BCUT2D eigenvalue weighted by Gasteiger charge is -2.48. The van der Waals surface area contributed by atoms with E-state index < -0.39 is 11.3 Å². The minimum Gasteiger partial charge on any atom is -0.465 e. The molecule has 0 unspecified atom stereocenters. The highest BCUT2D eigenvalue weighted by Crippen LogP contribution is 2.50. The van der Waals surface area contributed by atoms with Crippen LogP contribution in [0.1, 0.15) is 63.9 Å². The van der Waals surface area contributed by atoms with Crippen molar-refractivity contribution >= 4 is 46.9 Å². The van der Waals surface area contributed by atoms with Crippen molar-refractivity contribution in [2.75, 3.05) is 26.2 Å². The summed E-state index contributed by atoms with van der Waals surface area (Å²) in [5.41, 5.74) is 0.364. The molecule has 2 heterocycles. The number of rotatable bonds is 10. The molecule has 3 aliphatic rings. The highest BCUT2D eigenvalue weighted by Gasteiger charge is 2.54. The lowest BCUT2D eigenvalue weighted by atomic mass is 9.66. The van der Waals surface area contributed by atoms with E-state index in [1.807, 2.05) is 11.0 Å². The summed E-state index contributed by atoms with van der Waals surface area (Å²) < 4.78 is 5.51. The van der Waals surface area contributed by atoms with Gasteiger partial charge in [-0.3, -0.25) is 19.2 Å². The summed E-state index contributed by atoms with van der Waals surface area (Å²) in [4.78, 5) is 55.3. The number of benzene rings is 1. The second-order valence-electron chi connectivity index (χ2n) is 10.2. The Labute approximate surface area is 233 Å². The van der Waals surface area contributed by atoms with Gasteiger partial charge in [0.05, 0.1) is 13.2 Å². The summed E-state index contributed by atoms with van der Waals surface area (Å²) in [6.07, 6.45) is 6.38. The highest BCUT2D eigenvalue weighted by molar-refractivity contribution is 6.35. The number of hydrogen-bond acceptors (Lipinski definition) is 5. The van der Waals surface area contributed by atoms with Crippen LogP contribution >= 0.6 is 23.2 Å². The first-order valence-corrected chi connectivity index (χ1v) is 14.2. The Morgan fingerprint density at radius 3 is 2.74 bits per heavy atom. The van der Waals surface area contributed by atoms with E-state index in [9.17, 15) is 19.2 Å². The third-order valence-electron chi connectivity index (χ3n) is 7.68. The molecule has 1 aromatic rings. The first kappa shape index (κ1) is 28.4. The topological polar surface area (TPSA) is 96.0 Å². The van der Waals surface area contributed by atoms with Gasteiger partial charge in [0.15, 0.2) is 0 Å². The van der Waals surface area contributed by atoms with Crippen LogP contribution in [0.25, 0.3) is 0 Å². The molecule has 2 saturated heterocycles. The van der Waals surface area contributed by atoms with E-state index in [1.54, 1.807) is 30.0 Å². The summed E-state index contributed by atoms with van der Waals surface area (Å²) in [5, 5.41) is 3.82. The molecular weight excluding hydrogens is 529 g/mol. The highest BCUT2D eigenvalue weighted by atomic mass is 35.5. The van der Waals surface area contributed by atoms with Crippen molar-refractivity contribution in [2.24, 2.45) is 11.3 Å². The van der Waals surface area contributed by atoms with Crippen LogP contribution in [-0.4, -0.2) is 59.7 Å². The molecule has 4 rings (SSSR count). The first-order chi connectivity index (χ1) is 18.2. The number of fused-ring (bicyclic) bond motifs is 1. The second kappa shape index (κ2) is 12.5. The number of nitrogens with zero attached hydrogens (tertiary/aromatic N) is 2. The number of carbonyl (C=O) groups excluding carboxylic acids is 4. The molecule has 1 aromatic carbocycles. The molecule has 0 bridgehead atoms. The number of piperidine rings is 1. The van der Waals surface area contributed by atoms with E-state index in [4.69, 9.17) is 27.9 Å². The standard InChI is InChI=1S/C28H35Cl2N3O5/c1-2-38-27(37)28-11-4-3-7-23(28)33(18-19-9-10-21(29)16-22(19)30)26(36)20(17-28)15-24(34)31-12-6-14-32-13-5-8-25(32)35/h7,9-10,16,20H,2-6,8,11-15,17-18H2,1H3,(H,31,34)/t20-,28+/m1/s1. The Morgan fingerprint density at radius 1 is 1.21 bits per heavy atom. The summed E-state index contributed by atoms with van der Waals surface area (Å²) in [7, 11) is 0. The number of likely N-dealkylation sites (tertiary alicyclic amines) is 2. The van der Waals surface area contributed by atoms with Crippen LogP contribution in [-0.2, 0) is 30.5 Å². The van der Waals surface area contributed by atoms with Gasteiger partial charge in [0.25, 0.3) is 0 Å². The van der Waals surface area contributed by atoms with Crippen LogP contribution in [0.15, 0.2) is 30.0 Å². The van der Waals surface area contributed by atoms with E-state index in [1.165, 1.54) is 0 Å². The largest absolute Gasteiger partial charge is 0.465 e. The molecule has 38 heavy (non-hydrogen) atoms. The summed E-state index contributed by atoms with van der Waals surface area (Å²) >= 11 is 12.5.